The van der Waals surface area contributed by atoms with Crippen LogP contribution >= 0.6 is 31.9 Å². The third-order valence-electron chi connectivity index (χ3n) is 2.52. The molecule has 4 heteroatoms. The zero-order valence-electron chi connectivity index (χ0n) is 9.29. The van der Waals surface area contributed by atoms with Gasteiger partial charge in [-0.2, -0.15) is 0 Å². The Morgan fingerprint density at radius 2 is 1.72 bits per heavy atom. The number of ketones is 1. The molecule has 0 bridgehead atoms. The summed E-state index contributed by atoms with van der Waals surface area (Å²) in [6.45, 7) is 0. The summed E-state index contributed by atoms with van der Waals surface area (Å²) in [5.74, 6) is -0.370. The summed E-state index contributed by atoms with van der Waals surface area (Å²) in [4.78, 5) is 12.0. The van der Waals surface area contributed by atoms with Crippen molar-refractivity contribution < 1.29 is 9.18 Å². The number of rotatable bonds is 3. The second-order valence-electron chi connectivity index (χ2n) is 3.84. The van der Waals surface area contributed by atoms with E-state index in [4.69, 9.17) is 0 Å². The van der Waals surface area contributed by atoms with E-state index in [1.165, 1.54) is 12.1 Å². The van der Waals surface area contributed by atoms with Crippen molar-refractivity contribution in [2.24, 2.45) is 0 Å². The molecule has 0 aliphatic carbocycles. The smallest absolute Gasteiger partial charge is 0.167 e. The maximum Gasteiger partial charge on any atom is 0.167 e. The summed E-state index contributed by atoms with van der Waals surface area (Å²) >= 11 is 6.63. The minimum atomic E-state index is -0.336. The van der Waals surface area contributed by atoms with Gasteiger partial charge in [0.25, 0.3) is 0 Å². The quantitative estimate of drug-likeness (QED) is 0.710. The first-order chi connectivity index (χ1) is 8.56. The Morgan fingerprint density at radius 1 is 1.06 bits per heavy atom. The molecule has 0 atom stereocenters. The summed E-state index contributed by atoms with van der Waals surface area (Å²) in [5, 5.41) is 0. The van der Waals surface area contributed by atoms with Gasteiger partial charge in [0, 0.05) is 20.9 Å². The number of Topliss-reactive ketones (excluding diaryl/α,β-unsaturated/α-hetero) is 1. The van der Waals surface area contributed by atoms with Gasteiger partial charge in [-0.1, -0.05) is 44.0 Å². The van der Waals surface area contributed by atoms with Gasteiger partial charge < -0.3 is 0 Å². The predicted molar refractivity (Wildman–Crippen MR) is 76.3 cm³/mol. The monoisotopic (exact) mass is 370 g/mol. The van der Waals surface area contributed by atoms with Gasteiger partial charge in [0.15, 0.2) is 5.78 Å². The lowest BCUT2D eigenvalue weighted by atomic mass is 10.0. The molecule has 18 heavy (non-hydrogen) atoms. The molecule has 0 aliphatic rings. The zero-order valence-corrected chi connectivity index (χ0v) is 12.5. The second-order valence-corrected chi connectivity index (χ2v) is 5.61. The first kappa shape index (κ1) is 13.4. The highest BCUT2D eigenvalue weighted by Gasteiger charge is 2.10. The number of benzene rings is 2. The maximum absolute atomic E-state index is 13.1. The fourth-order valence-electron chi connectivity index (χ4n) is 1.59. The number of carbonyl (C=O) groups excluding carboxylic acids is 1. The van der Waals surface area contributed by atoms with Gasteiger partial charge in [-0.15, -0.1) is 0 Å². The number of hydrogen-bond donors (Lipinski definition) is 0. The SMILES string of the molecule is O=C(Cc1cc(F)ccc1Br)c1ccc(Br)cc1. The number of carbonyl (C=O) groups is 1. The molecule has 2 rings (SSSR count). The summed E-state index contributed by atoms with van der Waals surface area (Å²) in [6.07, 6.45) is 0.181. The molecule has 0 N–H and O–H groups in total. The van der Waals surface area contributed by atoms with Crippen molar-refractivity contribution in [1.82, 2.24) is 0 Å². The van der Waals surface area contributed by atoms with Crippen LogP contribution in [0.2, 0.25) is 0 Å². The maximum atomic E-state index is 13.1. The Balaban J connectivity index is 2.21. The molecular weight excluding hydrogens is 363 g/mol. The van der Waals surface area contributed by atoms with Crippen LogP contribution in [0.4, 0.5) is 4.39 Å². The normalized spacial score (nSPS) is 10.4. The molecule has 0 saturated heterocycles. The Morgan fingerprint density at radius 3 is 2.39 bits per heavy atom. The van der Waals surface area contributed by atoms with Crippen molar-refractivity contribution in [3.63, 3.8) is 0 Å². The van der Waals surface area contributed by atoms with Gasteiger partial charge in [0.05, 0.1) is 0 Å². The molecule has 0 saturated carbocycles. The van der Waals surface area contributed by atoms with Crippen molar-refractivity contribution in [2.75, 3.05) is 0 Å². The summed E-state index contributed by atoms with van der Waals surface area (Å²) in [6, 6.07) is 11.5. The lowest BCUT2D eigenvalue weighted by Crippen LogP contribution is -2.04. The molecule has 0 fully saturated rings. The lowest BCUT2D eigenvalue weighted by molar-refractivity contribution is 0.0993. The highest BCUT2D eigenvalue weighted by Crippen LogP contribution is 2.20. The first-order valence-corrected chi connectivity index (χ1v) is 6.87. The molecule has 1 nitrogen and oxygen atoms in total. The summed E-state index contributed by atoms with van der Waals surface area (Å²) < 4.78 is 14.8. The average Bonchev–Trinajstić information content (AvgIpc) is 2.34. The van der Waals surface area contributed by atoms with Crippen molar-refractivity contribution in [2.45, 2.75) is 6.42 Å². The van der Waals surface area contributed by atoms with Crippen LogP contribution in [0.15, 0.2) is 51.4 Å². The van der Waals surface area contributed by atoms with Crippen molar-refractivity contribution >= 4 is 37.6 Å². The minimum absolute atomic E-state index is 0.0335. The molecule has 0 amide bonds. The van der Waals surface area contributed by atoms with Crippen LogP contribution in [0.3, 0.4) is 0 Å². The molecule has 2 aromatic rings. The third kappa shape index (κ3) is 3.27. The van der Waals surface area contributed by atoms with Crippen LogP contribution in [0.5, 0.6) is 0 Å². The molecule has 92 valence electrons. The van der Waals surface area contributed by atoms with Gasteiger partial charge in [0.2, 0.25) is 0 Å². The molecular formula is C14H9Br2FO. The van der Waals surface area contributed by atoms with Crippen molar-refractivity contribution in [3.8, 4) is 0 Å². The molecule has 0 heterocycles. The molecule has 0 unspecified atom stereocenters. The van der Waals surface area contributed by atoms with Crippen molar-refractivity contribution in [1.29, 1.82) is 0 Å². The Bertz CT molecular complexity index is 579. The van der Waals surface area contributed by atoms with Gasteiger partial charge in [0.1, 0.15) is 5.82 Å². The standard InChI is InChI=1S/C14H9Br2FO/c15-11-3-1-9(2-4-11)14(18)8-10-7-12(17)5-6-13(10)16/h1-7H,8H2. The Hall–Kier alpha value is -1.00. The van der Waals surface area contributed by atoms with Gasteiger partial charge >= 0.3 is 0 Å². The summed E-state index contributed by atoms with van der Waals surface area (Å²) in [5.41, 5.74) is 1.28. The van der Waals surface area contributed by atoms with E-state index in [-0.39, 0.29) is 18.0 Å². The van der Waals surface area contributed by atoms with E-state index >= 15 is 0 Å². The van der Waals surface area contributed by atoms with E-state index in [1.54, 1.807) is 18.2 Å². The average molecular weight is 372 g/mol. The number of hydrogen-bond acceptors (Lipinski definition) is 1. The van der Waals surface area contributed by atoms with Crippen molar-refractivity contribution in [3.05, 3.63) is 68.4 Å². The Kier molecular flexibility index (Phi) is 4.30. The fourth-order valence-corrected chi connectivity index (χ4v) is 2.24. The largest absolute Gasteiger partial charge is 0.294 e. The van der Waals surface area contributed by atoms with Crippen LogP contribution in [0, 0.1) is 5.82 Å². The van der Waals surface area contributed by atoms with Crippen LogP contribution < -0.4 is 0 Å². The second kappa shape index (κ2) is 5.76. The Labute approximate surface area is 121 Å². The van der Waals surface area contributed by atoms with Crippen LogP contribution in [-0.4, -0.2) is 5.78 Å². The van der Waals surface area contributed by atoms with E-state index < -0.39 is 0 Å². The van der Waals surface area contributed by atoms with E-state index in [2.05, 4.69) is 31.9 Å². The van der Waals surface area contributed by atoms with Crippen LogP contribution in [0.25, 0.3) is 0 Å². The van der Waals surface area contributed by atoms with E-state index in [1.807, 2.05) is 12.1 Å². The fraction of sp³-hybridized carbons (Fsp3) is 0.0714. The molecule has 2 aromatic carbocycles. The molecule has 0 radical (unpaired) electrons. The molecule has 0 spiro atoms. The first-order valence-electron chi connectivity index (χ1n) is 5.29. The van der Waals surface area contributed by atoms with E-state index in [0.29, 0.717) is 11.1 Å². The number of halogens is 3. The highest BCUT2D eigenvalue weighted by molar-refractivity contribution is 9.10. The van der Waals surface area contributed by atoms with Crippen LogP contribution in [0.1, 0.15) is 15.9 Å². The minimum Gasteiger partial charge on any atom is -0.294 e. The molecule has 0 aromatic heterocycles. The predicted octanol–water partition coefficient (Wildman–Crippen LogP) is 4.78. The van der Waals surface area contributed by atoms with E-state index in [9.17, 15) is 9.18 Å². The highest BCUT2D eigenvalue weighted by atomic mass is 79.9. The zero-order chi connectivity index (χ0) is 13.1. The van der Waals surface area contributed by atoms with Gasteiger partial charge in [-0.3, -0.25) is 4.79 Å². The van der Waals surface area contributed by atoms with Crippen LogP contribution in [-0.2, 0) is 6.42 Å². The molecule has 0 aliphatic heterocycles. The lowest BCUT2D eigenvalue weighted by Gasteiger charge is -2.04. The third-order valence-corrected chi connectivity index (χ3v) is 3.83. The van der Waals surface area contributed by atoms with Gasteiger partial charge in [-0.25, -0.2) is 4.39 Å². The van der Waals surface area contributed by atoms with Gasteiger partial charge in [-0.05, 0) is 35.9 Å². The van der Waals surface area contributed by atoms with E-state index in [0.717, 1.165) is 8.95 Å². The topological polar surface area (TPSA) is 17.1 Å². The summed E-state index contributed by atoms with van der Waals surface area (Å²) in [7, 11) is 0.